The molecule has 4 nitrogen and oxygen atoms in total. The summed E-state index contributed by atoms with van der Waals surface area (Å²) in [7, 11) is 0. The first-order valence-electron chi connectivity index (χ1n) is 5.59. The number of Topliss-reactive ketones (excluding diaryl/α,β-unsaturated/α-hetero) is 1. The molecular weight excluding hydrogens is 300 g/mol. The Bertz CT molecular complexity index is 284. The molecular formula is C13H23BrO4. The van der Waals surface area contributed by atoms with Crippen LogP contribution in [0.3, 0.4) is 0 Å². The number of hydrogen-bond donors (Lipinski definition) is 2. The molecule has 0 atom stereocenters. The van der Waals surface area contributed by atoms with Crippen molar-refractivity contribution in [2.45, 2.75) is 51.7 Å². The molecule has 0 aliphatic rings. The molecule has 0 amide bonds. The Kier molecular flexibility index (Phi) is 9.42. The van der Waals surface area contributed by atoms with Crippen molar-refractivity contribution in [2.75, 3.05) is 5.33 Å². The first kappa shape index (κ1) is 19.8. The summed E-state index contributed by atoms with van der Waals surface area (Å²) < 4.78 is 0. The molecule has 0 radical (unpaired) electrons. The second-order valence-corrected chi connectivity index (χ2v) is 5.88. The molecule has 0 aromatic rings. The van der Waals surface area contributed by atoms with E-state index in [-0.39, 0.29) is 24.4 Å². The highest BCUT2D eigenvalue weighted by Gasteiger charge is 2.16. The van der Waals surface area contributed by atoms with E-state index in [1.165, 1.54) is 6.08 Å². The van der Waals surface area contributed by atoms with E-state index < -0.39 is 11.2 Å². The fraction of sp³-hybridized carbons (Fsp3) is 0.692. The van der Waals surface area contributed by atoms with Crippen molar-refractivity contribution in [3.63, 3.8) is 0 Å². The van der Waals surface area contributed by atoms with E-state index in [1.807, 2.05) is 0 Å². The summed E-state index contributed by atoms with van der Waals surface area (Å²) in [4.78, 5) is 21.2. The van der Waals surface area contributed by atoms with Gasteiger partial charge in [0.05, 0.1) is 16.5 Å². The van der Waals surface area contributed by atoms with Gasteiger partial charge in [-0.25, -0.2) is 0 Å². The Hall–Kier alpha value is -0.520. The van der Waals surface area contributed by atoms with E-state index in [0.29, 0.717) is 5.33 Å². The van der Waals surface area contributed by atoms with Crippen LogP contribution in [0.25, 0.3) is 0 Å². The molecule has 0 aliphatic carbocycles. The van der Waals surface area contributed by atoms with Gasteiger partial charge in [0.25, 0.3) is 0 Å². The number of halogens is 1. The normalized spacial score (nSPS) is 11.3. The molecule has 0 saturated carbocycles. The fourth-order valence-electron chi connectivity index (χ4n) is 1.03. The van der Waals surface area contributed by atoms with E-state index in [4.69, 9.17) is 10.2 Å². The number of carbonyl (C=O) groups excluding carboxylic acids is 2. The predicted octanol–water partition coefficient (Wildman–Crippen LogP) is 2.01. The first-order valence-corrected chi connectivity index (χ1v) is 6.71. The summed E-state index contributed by atoms with van der Waals surface area (Å²) in [6, 6.07) is 0. The van der Waals surface area contributed by atoms with Gasteiger partial charge in [-0.1, -0.05) is 22.5 Å². The van der Waals surface area contributed by atoms with Gasteiger partial charge in [-0.05, 0) is 33.8 Å². The lowest BCUT2D eigenvalue weighted by atomic mass is 10.0. The third kappa shape index (κ3) is 17.9. The van der Waals surface area contributed by atoms with Crippen LogP contribution in [0.4, 0.5) is 0 Å². The third-order valence-electron chi connectivity index (χ3n) is 1.61. The molecule has 0 unspecified atom stereocenters. The van der Waals surface area contributed by atoms with Gasteiger partial charge in [0.15, 0.2) is 5.78 Å². The van der Waals surface area contributed by atoms with Crippen LogP contribution in [0, 0.1) is 0 Å². The van der Waals surface area contributed by atoms with Gasteiger partial charge >= 0.3 is 0 Å². The second kappa shape index (κ2) is 8.56. The highest BCUT2D eigenvalue weighted by Crippen LogP contribution is 2.08. The Morgan fingerprint density at radius 3 is 1.61 bits per heavy atom. The minimum Gasteiger partial charge on any atom is -0.390 e. The Balaban J connectivity index is 0. The Morgan fingerprint density at radius 1 is 1.11 bits per heavy atom. The maximum absolute atomic E-state index is 10.6. The molecule has 18 heavy (non-hydrogen) atoms. The zero-order valence-electron chi connectivity index (χ0n) is 11.5. The van der Waals surface area contributed by atoms with Crippen molar-refractivity contribution in [1.82, 2.24) is 0 Å². The third-order valence-corrected chi connectivity index (χ3v) is 2.24. The molecule has 0 aromatic heterocycles. The Labute approximate surface area is 117 Å². The average Bonchev–Trinajstić information content (AvgIpc) is 2.13. The highest BCUT2D eigenvalue weighted by atomic mass is 79.9. The lowest BCUT2D eigenvalue weighted by Crippen LogP contribution is -2.23. The lowest BCUT2D eigenvalue weighted by Gasteiger charge is -2.14. The van der Waals surface area contributed by atoms with Crippen LogP contribution >= 0.6 is 15.9 Å². The first-order chi connectivity index (χ1) is 7.91. The van der Waals surface area contributed by atoms with Crippen molar-refractivity contribution in [3.8, 4) is 0 Å². The molecule has 0 fully saturated rings. The molecule has 2 N–H and O–H groups in total. The molecule has 0 rings (SSSR count). The SMILES string of the molecule is C=CC(=O)CC(C)(C)O.CC(C)(O)CC(=O)CBr. The summed E-state index contributed by atoms with van der Waals surface area (Å²) >= 11 is 3.01. The van der Waals surface area contributed by atoms with E-state index in [9.17, 15) is 9.59 Å². The maximum Gasteiger partial charge on any atom is 0.157 e. The van der Waals surface area contributed by atoms with Crippen molar-refractivity contribution in [3.05, 3.63) is 12.7 Å². The number of carbonyl (C=O) groups is 2. The topological polar surface area (TPSA) is 74.6 Å². The fourth-order valence-corrected chi connectivity index (χ4v) is 1.23. The van der Waals surface area contributed by atoms with Crippen molar-refractivity contribution in [2.24, 2.45) is 0 Å². The summed E-state index contributed by atoms with van der Waals surface area (Å²) in [6.07, 6.45) is 1.59. The quantitative estimate of drug-likeness (QED) is 0.579. The van der Waals surface area contributed by atoms with Crippen LogP contribution in [0.5, 0.6) is 0 Å². The van der Waals surface area contributed by atoms with Crippen LogP contribution in [0.1, 0.15) is 40.5 Å². The van der Waals surface area contributed by atoms with Crippen LogP contribution in [0.15, 0.2) is 12.7 Å². The number of allylic oxidation sites excluding steroid dienone is 1. The molecule has 0 spiro atoms. The van der Waals surface area contributed by atoms with Crippen LogP contribution in [0.2, 0.25) is 0 Å². The maximum atomic E-state index is 10.6. The number of rotatable bonds is 6. The standard InChI is InChI=1S/C7H12O2.C6H11BrO2/c1-4-6(8)5-7(2,3)9;1-6(2,9)3-5(8)4-7/h4,9H,1,5H2,2-3H3;9H,3-4H2,1-2H3. The van der Waals surface area contributed by atoms with Gasteiger partial charge in [0.2, 0.25) is 0 Å². The van der Waals surface area contributed by atoms with E-state index in [2.05, 4.69) is 22.5 Å². The van der Waals surface area contributed by atoms with Crippen LogP contribution in [-0.2, 0) is 9.59 Å². The largest absolute Gasteiger partial charge is 0.390 e. The molecule has 106 valence electrons. The van der Waals surface area contributed by atoms with Gasteiger partial charge in [-0.2, -0.15) is 0 Å². The van der Waals surface area contributed by atoms with Crippen molar-refractivity contribution < 1.29 is 19.8 Å². The lowest BCUT2D eigenvalue weighted by molar-refractivity contribution is -0.120. The molecule has 5 heteroatoms. The number of aliphatic hydroxyl groups is 2. The summed E-state index contributed by atoms with van der Waals surface area (Å²) in [5, 5.41) is 18.5. The van der Waals surface area contributed by atoms with Crippen molar-refractivity contribution >= 4 is 27.5 Å². The predicted molar refractivity (Wildman–Crippen MR) is 75.8 cm³/mol. The monoisotopic (exact) mass is 322 g/mol. The van der Waals surface area contributed by atoms with Crippen LogP contribution in [-0.4, -0.2) is 38.3 Å². The van der Waals surface area contributed by atoms with E-state index in [0.717, 1.165) is 0 Å². The van der Waals surface area contributed by atoms with Crippen LogP contribution < -0.4 is 0 Å². The Morgan fingerprint density at radius 2 is 1.50 bits per heavy atom. The summed E-state index contributed by atoms with van der Waals surface area (Å²) in [6.45, 7) is 9.70. The molecule has 0 aliphatic heterocycles. The van der Waals surface area contributed by atoms with E-state index in [1.54, 1.807) is 27.7 Å². The zero-order chi connectivity index (χ0) is 15.0. The summed E-state index contributed by atoms with van der Waals surface area (Å²) in [5.74, 6) is -0.0926. The van der Waals surface area contributed by atoms with Gasteiger partial charge in [-0.15, -0.1) is 0 Å². The number of hydrogen-bond acceptors (Lipinski definition) is 4. The second-order valence-electron chi connectivity index (χ2n) is 5.32. The number of ketones is 2. The van der Waals surface area contributed by atoms with Crippen molar-refractivity contribution in [1.29, 1.82) is 0 Å². The van der Waals surface area contributed by atoms with Gasteiger partial charge < -0.3 is 10.2 Å². The highest BCUT2D eigenvalue weighted by molar-refractivity contribution is 9.09. The minimum absolute atomic E-state index is 0.0301. The molecule has 0 aromatic carbocycles. The molecule has 0 saturated heterocycles. The van der Waals surface area contributed by atoms with Gasteiger partial charge in [0.1, 0.15) is 5.78 Å². The zero-order valence-corrected chi connectivity index (χ0v) is 13.1. The minimum atomic E-state index is -0.898. The van der Waals surface area contributed by atoms with Gasteiger partial charge in [-0.3, -0.25) is 9.59 Å². The smallest absolute Gasteiger partial charge is 0.157 e. The molecule has 0 bridgehead atoms. The average molecular weight is 323 g/mol. The molecule has 0 heterocycles. The van der Waals surface area contributed by atoms with Gasteiger partial charge in [0, 0.05) is 12.8 Å². The van der Waals surface area contributed by atoms with E-state index >= 15 is 0 Å². The number of alkyl halides is 1. The summed E-state index contributed by atoms with van der Waals surface area (Å²) in [5.41, 5.74) is -1.75.